The molecule has 1 aromatic heterocycles. The maximum atomic E-state index is 5.96. The Morgan fingerprint density at radius 2 is 2.22 bits per heavy atom. The molecule has 2 heterocycles. The van der Waals surface area contributed by atoms with Crippen LogP contribution in [0.1, 0.15) is 44.3 Å². The maximum Gasteiger partial charge on any atom is 0.120 e. The number of hydrogen-bond acceptors (Lipinski definition) is 3. The Morgan fingerprint density at radius 1 is 1.44 bits per heavy atom. The zero-order valence-corrected chi connectivity index (χ0v) is 12.1. The Morgan fingerprint density at radius 3 is 2.83 bits per heavy atom. The highest BCUT2D eigenvalue weighted by molar-refractivity contribution is 5.20. The van der Waals surface area contributed by atoms with Crippen molar-refractivity contribution in [3.8, 4) is 0 Å². The average Bonchev–Trinajstić information content (AvgIpc) is 2.80. The summed E-state index contributed by atoms with van der Waals surface area (Å²) in [5, 5.41) is 3.32. The van der Waals surface area contributed by atoms with Crippen molar-refractivity contribution in [2.24, 2.45) is 5.92 Å². The zero-order chi connectivity index (χ0) is 13.1. The minimum absolute atomic E-state index is 0.683. The van der Waals surface area contributed by atoms with Crippen molar-refractivity contribution in [3.05, 3.63) is 23.2 Å². The van der Waals surface area contributed by atoms with Crippen LogP contribution < -0.4 is 5.32 Å². The van der Waals surface area contributed by atoms with Gasteiger partial charge in [0, 0.05) is 12.6 Å². The monoisotopic (exact) mass is 250 g/mol. The molecule has 18 heavy (non-hydrogen) atoms. The van der Waals surface area contributed by atoms with Crippen LogP contribution in [0.25, 0.3) is 0 Å². The fourth-order valence-corrected chi connectivity index (χ4v) is 2.89. The largest absolute Gasteiger partial charge is 0.463 e. The van der Waals surface area contributed by atoms with E-state index in [1.165, 1.54) is 18.5 Å². The molecule has 102 valence electrons. The second-order valence-corrected chi connectivity index (χ2v) is 5.72. The molecular weight excluding hydrogens is 224 g/mol. The molecule has 2 rings (SSSR count). The molecule has 0 amide bonds. The summed E-state index contributed by atoms with van der Waals surface area (Å²) >= 11 is 0. The van der Waals surface area contributed by atoms with Gasteiger partial charge >= 0.3 is 0 Å². The predicted octanol–water partition coefficient (Wildman–Crippen LogP) is 2.93. The van der Waals surface area contributed by atoms with Crippen LogP contribution in [0.5, 0.6) is 0 Å². The molecule has 3 heteroatoms. The molecule has 0 aromatic carbocycles. The summed E-state index contributed by atoms with van der Waals surface area (Å²) < 4.78 is 5.96. The Hall–Kier alpha value is -0.800. The summed E-state index contributed by atoms with van der Waals surface area (Å²) in [6.45, 7) is 12.9. The third kappa shape index (κ3) is 3.15. The molecule has 1 aromatic rings. The lowest BCUT2D eigenvalue weighted by molar-refractivity contribution is 0.232. The van der Waals surface area contributed by atoms with E-state index in [0.717, 1.165) is 37.1 Å². The van der Waals surface area contributed by atoms with Gasteiger partial charge in [0.2, 0.25) is 0 Å². The molecule has 2 atom stereocenters. The second-order valence-electron chi connectivity index (χ2n) is 5.72. The minimum atomic E-state index is 0.683. The van der Waals surface area contributed by atoms with Crippen molar-refractivity contribution >= 4 is 0 Å². The third-order valence-electron chi connectivity index (χ3n) is 3.88. The van der Waals surface area contributed by atoms with E-state index < -0.39 is 0 Å². The van der Waals surface area contributed by atoms with Crippen molar-refractivity contribution in [3.63, 3.8) is 0 Å². The van der Waals surface area contributed by atoms with Gasteiger partial charge in [0.15, 0.2) is 0 Å². The van der Waals surface area contributed by atoms with Gasteiger partial charge in [0.25, 0.3) is 0 Å². The Labute approximate surface area is 111 Å². The molecule has 2 unspecified atom stereocenters. The van der Waals surface area contributed by atoms with Crippen LogP contribution in [-0.2, 0) is 13.1 Å². The highest BCUT2D eigenvalue weighted by Gasteiger charge is 2.26. The highest BCUT2D eigenvalue weighted by Crippen LogP contribution is 2.25. The maximum absolute atomic E-state index is 5.96. The summed E-state index contributed by atoms with van der Waals surface area (Å²) in [5.41, 5.74) is 1.27. The number of likely N-dealkylation sites (tertiary alicyclic amines) is 1. The summed E-state index contributed by atoms with van der Waals surface area (Å²) in [6, 6.07) is 2.88. The lowest BCUT2D eigenvalue weighted by Crippen LogP contribution is -2.26. The topological polar surface area (TPSA) is 28.4 Å². The van der Waals surface area contributed by atoms with E-state index in [2.05, 4.69) is 44.0 Å². The number of rotatable bonds is 5. The molecule has 1 aliphatic heterocycles. The Kier molecular flexibility index (Phi) is 4.46. The number of hydrogen-bond donors (Lipinski definition) is 1. The molecule has 0 bridgehead atoms. The summed E-state index contributed by atoms with van der Waals surface area (Å²) in [4.78, 5) is 2.53. The quantitative estimate of drug-likeness (QED) is 0.871. The Bertz CT molecular complexity index is 386. The van der Waals surface area contributed by atoms with Crippen LogP contribution in [0.3, 0.4) is 0 Å². The van der Waals surface area contributed by atoms with E-state index in [-0.39, 0.29) is 0 Å². The second kappa shape index (κ2) is 5.89. The first-order valence-electron chi connectivity index (χ1n) is 7.13. The molecule has 3 nitrogen and oxygen atoms in total. The molecule has 0 aliphatic carbocycles. The molecular formula is C15H26N2O. The van der Waals surface area contributed by atoms with E-state index in [9.17, 15) is 0 Å². The van der Waals surface area contributed by atoms with Gasteiger partial charge in [0.05, 0.1) is 13.1 Å². The summed E-state index contributed by atoms with van der Waals surface area (Å²) in [5.74, 6) is 3.02. The van der Waals surface area contributed by atoms with Crippen LogP contribution in [-0.4, -0.2) is 24.0 Å². The van der Waals surface area contributed by atoms with Gasteiger partial charge in [-0.15, -0.1) is 0 Å². The first-order chi connectivity index (χ1) is 8.60. The molecule has 0 saturated carbocycles. The average molecular weight is 250 g/mol. The normalized spacial score (nSPS) is 24.9. The first kappa shape index (κ1) is 13.6. The van der Waals surface area contributed by atoms with E-state index in [1.54, 1.807) is 0 Å². The standard InChI is InChI=1S/C15H26N2O/c1-5-16-8-15-12(3)7-14(18-15)10-17-9-11(2)6-13(17)4/h7,11,13,16H,5-6,8-10H2,1-4H3. The van der Waals surface area contributed by atoms with E-state index >= 15 is 0 Å². The number of furan rings is 1. The fourth-order valence-electron chi connectivity index (χ4n) is 2.89. The number of nitrogens with one attached hydrogen (secondary N) is 1. The van der Waals surface area contributed by atoms with Crippen LogP contribution in [0.2, 0.25) is 0 Å². The molecule has 1 saturated heterocycles. The summed E-state index contributed by atoms with van der Waals surface area (Å²) in [6.07, 6.45) is 1.31. The van der Waals surface area contributed by atoms with E-state index in [0.29, 0.717) is 6.04 Å². The van der Waals surface area contributed by atoms with Crippen molar-refractivity contribution in [1.82, 2.24) is 10.2 Å². The van der Waals surface area contributed by atoms with Crippen molar-refractivity contribution < 1.29 is 4.42 Å². The van der Waals surface area contributed by atoms with Crippen LogP contribution in [0.15, 0.2) is 10.5 Å². The first-order valence-corrected chi connectivity index (χ1v) is 7.13. The smallest absolute Gasteiger partial charge is 0.120 e. The van der Waals surface area contributed by atoms with E-state index in [4.69, 9.17) is 4.42 Å². The SMILES string of the molecule is CCNCc1oc(CN2CC(C)CC2C)cc1C. The highest BCUT2D eigenvalue weighted by atomic mass is 16.3. The number of nitrogens with zero attached hydrogens (tertiary/aromatic N) is 1. The lowest BCUT2D eigenvalue weighted by atomic mass is 10.1. The molecule has 1 N–H and O–H groups in total. The van der Waals surface area contributed by atoms with Gasteiger partial charge in [-0.05, 0) is 44.4 Å². The predicted molar refractivity (Wildman–Crippen MR) is 74.5 cm³/mol. The molecule has 1 aliphatic rings. The van der Waals surface area contributed by atoms with Gasteiger partial charge in [-0.1, -0.05) is 13.8 Å². The molecule has 0 radical (unpaired) electrons. The van der Waals surface area contributed by atoms with Gasteiger partial charge < -0.3 is 9.73 Å². The third-order valence-corrected chi connectivity index (χ3v) is 3.88. The van der Waals surface area contributed by atoms with Crippen molar-refractivity contribution in [2.45, 2.75) is 53.2 Å². The summed E-state index contributed by atoms with van der Waals surface area (Å²) in [7, 11) is 0. The van der Waals surface area contributed by atoms with Crippen LogP contribution >= 0.6 is 0 Å². The number of aryl methyl sites for hydroxylation is 1. The van der Waals surface area contributed by atoms with Gasteiger partial charge in [-0.2, -0.15) is 0 Å². The van der Waals surface area contributed by atoms with E-state index in [1.807, 2.05) is 0 Å². The van der Waals surface area contributed by atoms with Crippen molar-refractivity contribution in [2.75, 3.05) is 13.1 Å². The molecule has 0 spiro atoms. The molecule has 1 fully saturated rings. The van der Waals surface area contributed by atoms with Crippen LogP contribution in [0.4, 0.5) is 0 Å². The fraction of sp³-hybridized carbons (Fsp3) is 0.733. The van der Waals surface area contributed by atoms with Gasteiger partial charge in [-0.25, -0.2) is 0 Å². The van der Waals surface area contributed by atoms with Crippen molar-refractivity contribution in [1.29, 1.82) is 0 Å². The Balaban J connectivity index is 1.97. The van der Waals surface area contributed by atoms with Gasteiger partial charge in [-0.3, -0.25) is 4.90 Å². The minimum Gasteiger partial charge on any atom is -0.463 e. The zero-order valence-electron chi connectivity index (χ0n) is 12.1. The van der Waals surface area contributed by atoms with Gasteiger partial charge in [0.1, 0.15) is 11.5 Å². The lowest BCUT2D eigenvalue weighted by Gasteiger charge is -2.19. The van der Waals surface area contributed by atoms with Crippen LogP contribution in [0, 0.1) is 12.8 Å².